The summed E-state index contributed by atoms with van der Waals surface area (Å²) in [6.45, 7) is 1.75. The molecule has 1 heterocycles. The average Bonchev–Trinajstić information content (AvgIpc) is 3.65. The van der Waals surface area contributed by atoms with Crippen LogP contribution < -0.4 is 5.32 Å². The van der Waals surface area contributed by atoms with E-state index in [1.165, 1.54) is 12.1 Å². The maximum absolute atomic E-state index is 13.4. The average molecular weight is 545 g/mol. The molecule has 2 bridgehead atoms. The highest BCUT2D eigenvalue weighted by molar-refractivity contribution is 6.09. The van der Waals surface area contributed by atoms with Crippen molar-refractivity contribution in [2.24, 2.45) is 23.7 Å². The smallest absolute Gasteiger partial charge is 0.338 e. The van der Waals surface area contributed by atoms with Crippen molar-refractivity contribution >= 4 is 35.3 Å². The number of nitrogens with one attached hydrogen (secondary N) is 1. The molecule has 2 aromatic carbocycles. The van der Waals surface area contributed by atoms with Gasteiger partial charge < -0.3 is 14.8 Å². The molecular weight excluding hydrogens is 512 g/mol. The molecule has 40 heavy (non-hydrogen) atoms. The molecule has 1 saturated heterocycles. The first kappa shape index (κ1) is 27.3. The minimum absolute atomic E-state index is 0.0141. The number of rotatable bonds is 11. The van der Waals surface area contributed by atoms with Gasteiger partial charge in [0.1, 0.15) is 6.04 Å². The van der Waals surface area contributed by atoms with E-state index < -0.39 is 42.3 Å². The summed E-state index contributed by atoms with van der Waals surface area (Å²) >= 11 is 0. The molecule has 1 N–H and O–H groups in total. The Labute approximate surface area is 232 Å². The lowest BCUT2D eigenvalue weighted by atomic mass is 9.85. The van der Waals surface area contributed by atoms with Crippen LogP contribution >= 0.6 is 0 Å². The zero-order valence-corrected chi connectivity index (χ0v) is 22.3. The summed E-state index contributed by atoms with van der Waals surface area (Å²) in [6.07, 6.45) is 6.57. The molecule has 208 valence electrons. The van der Waals surface area contributed by atoms with Crippen LogP contribution in [-0.2, 0) is 35.1 Å². The Morgan fingerprint density at radius 2 is 1.57 bits per heavy atom. The molecule has 3 amide bonds. The van der Waals surface area contributed by atoms with Crippen molar-refractivity contribution in [1.29, 1.82) is 0 Å². The van der Waals surface area contributed by atoms with Gasteiger partial charge in [-0.3, -0.25) is 19.3 Å². The van der Waals surface area contributed by atoms with E-state index in [9.17, 15) is 24.0 Å². The predicted octanol–water partition coefficient (Wildman–Crippen LogP) is 3.54. The van der Waals surface area contributed by atoms with E-state index in [-0.39, 0.29) is 30.1 Å². The van der Waals surface area contributed by atoms with Crippen molar-refractivity contribution in [3.05, 3.63) is 77.9 Å². The number of unbranched alkanes of at least 4 members (excludes halogenated alkanes) is 1. The Kier molecular flexibility index (Phi) is 8.09. The molecular formula is C31H32N2O7. The van der Waals surface area contributed by atoms with E-state index in [0.29, 0.717) is 17.9 Å². The van der Waals surface area contributed by atoms with Crippen LogP contribution in [0.2, 0.25) is 0 Å². The quantitative estimate of drug-likeness (QED) is 0.199. The number of carbonyl (C=O) groups is 5. The highest BCUT2D eigenvalue weighted by Gasteiger charge is 2.61. The molecule has 0 radical (unpaired) electrons. The number of fused-ring (bicyclic) bond motifs is 5. The second-order valence-corrected chi connectivity index (χ2v) is 10.5. The number of hydrogen-bond donors (Lipinski definition) is 1. The maximum Gasteiger partial charge on any atom is 0.338 e. The van der Waals surface area contributed by atoms with Gasteiger partial charge >= 0.3 is 11.9 Å². The number of nitrogens with zero attached hydrogens (tertiary/aromatic N) is 1. The third-order valence-electron chi connectivity index (χ3n) is 7.84. The van der Waals surface area contributed by atoms with E-state index in [0.717, 1.165) is 29.7 Å². The van der Waals surface area contributed by atoms with Crippen molar-refractivity contribution in [3.8, 4) is 0 Å². The highest BCUT2D eigenvalue weighted by Crippen LogP contribution is 2.53. The van der Waals surface area contributed by atoms with Gasteiger partial charge in [0.15, 0.2) is 6.61 Å². The van der Waals surface area contributed by atoms with Gasteiger partial charge in [-0.05, 0) is 54.5 Å². The third-order valence-corrected chi connectivity index (χ3v) is 7.84. The van der Waals surface area contributed by atoms with Crippen molar-refractivity contribution in [1.82, 2.24) is 4.90 Å². The van der Waals surface area contributed by atoms with Crippen LogP contribution in [0.4, 0.5) is 5.69 Å². The Bertz CT molecular complexity index is 1290. The van der Waals surface area contributed by atoms with Gasteiger partial charge in [-0.1, -0.05) is 55.8 Å². The standard InChI is InChI=1S/C31H32N2O7/c1-2-3-15-39-30(37)20-11-13-23(14-12-20)32-25(34)18-40-31(38)24(16-19-7-5-4-6-8-19)33-28(35)26-21-9-10-22(17-21)27(26)29(33)36/h4-14,21-22,24,26-27H,2-3,15-18H2,1H3,(H,32,34)/t21-,22-,24-,26-,27+/m0/s1. The Balaban J connectivity index is 1.22. The van der Waals surface area contributed by atoms with Crippen LogP contribution in [-0.4, -0.2) is 53.8 Å². The molecule has 3 aliphatic rings. The molecule has 5 rings (SSSR count). The van der Waals surface area contributed by atoms with Crippen molar-refractivity contribution in [2.45, 2.75) is 38.6 Å². The van der Waals surface area contributed by atoms with E-state index in [1.807, 2.05) is 49.4 Å². The van der Waals surface area contributed by atoms with Gasteiger partial charge in [-0.2, -0.15) is 0 Å². The van der Waals surface area contributed by atoms with Crippen LogP contribution in [0.5, 0.6) is 0 Å². The molecule has 1 saturated carbocycles. The molecule has 1 aliphatic heterocycles. The van der Waals surface area contributed by atoms with E-state index in [1.54, 1.807) is 12.1 Å². The SMILES string of the molecule is CCCCOC(=O)c1ccc(NC(=O)COC(=O)[C@H](Cc2ccccc2)N2C(=O)[C@@H]3[C@H](C2=O)[C@H]2C=C[C@H]3C2)cc1. The summed E-state index contributed by atoms with van der Waals surface area (Å²) in [7, 11) is 0. The van der Waals surface area contributed by atoms with Crippen LogP contribution in [0.15, 0.2) is 66.7 Å². The first-order chi connectivity index (χ1) is 19.4. The summed E-state index contributed by atoms with van der Waals surface area (Å²) in [5, 5.41) is 2.62. The Hall–Kier alpha value is -4.27. The van der Waals surface area contributed by atoms with Crippen molar-refractivity contribution in [2.75, 3.05) is 18.5 Å². The van der Waals surface area contributed by atoms with Crippen molar-refractivity contribution < 1.29 is 33.4 Å². The first-order valence-corrected chi connectivity index (χ1v) is 13.7. The van der Waals surface area contributed by atoms with Gasteiger partial charge in [0.2, 0.25) is 11.8 Å². The van der Waals surface area contributed by atoms with Crippen LogP contribution in [0, 0.1) is 23.7 Å². The number of allylic oxidation sites excluding steroid dienone is 2. The summed E-state index contributed by atoms with van der Waals surface area (Å²) in [4.78, 5) is 65.8. The number of hydrogen-bond acceptors (Lipinski definition) is 7. The molecule has 9 nitrogen and oxygen atoms in total. The Morgan fingerprint density at radius 3 is 2.20 bits per heavy atom. The van der Waals surface area contributed by atoms with Gasteiger partial charge in [0.25, 0.3) is 5.91 Å². The molecule has 2 aromatic rings. The fraction of sp³-hybridized carbons (Fsp3) is 0.387. The monoisotopic (exact) mass is 544 g/mol. The van der Waals surface area contributed by atoms with E-state index in [2.05, 4.69) is 5.32 Å². The fourth-order valence-electron chi connectivity index (χ4n) is 5.86. The zero-order chi connectivity index (χ0) is 28.2. The summed E-state index contributed by atoms with van der Waals surface area (Å²) in [5.41, 5.74) is 1.53. The number of likely N-dealkylation sites (tertiary alicyclic amines) is 1. The summed E-state index contributed by atoms with van der Waals surface area (Å²) in [5.74, 6) is -3.39. The van der Waals surface area contributed by atoms with Gasteiger partial charge in [0, 0.05) is 12.1 Å². The van der Waals surface area contributed by atoms with Crippen LogP contribution in [0.3, 0.4) is 0 Å². The molecule has 0 aromatic heterocycles. The molecule has 5 atom stereocenters. The molecule has 0 unspecified atom stereocenters. The number of imide groups is 1. The van der Waals surface area contributed by atoms with Crippen molar-refractivity contribution in [3.63, 3.8) is 0 Å². The maximum atomic E-state index is 13.4. The normalized spacial score (nSPS) is 23.2. The predicted molar refractivity (Wildman–Crippen MR) is 145 cm³/mol. The largest absolute Gasteiger partial charge is 0.462 e. The molecule has 9 heteroatoms. The van der Waals surface area contributed by atoms with Gasteiger partial charge in [-0.25, -0.2) is 9.59 Å². The topological polar surface area (TPSA) is 119 Å². The number of amides is 3. The first-order valence-electron chi connectivity index (χ1n) is 13.7. The fourth-order valence-corrected chi connectivity index (χ4v) is 5.86. The minimum Gasteiger partial charge on any atom is -0.462 e. The zero-order valence-electron chi connectivity index (χ0n) is 22.3. The third kappa shape index (κ3) is 5.54. The number of carbonyl (C=O) groups excluding carboxylic acids is 5. The highest BCUT2D eigenvalue weighted by atomic mass is 16.5. The Morgan fingerprint density at radius 1 is 0.925 bits per heavy atom. The number of esters is 2. The lowest BCUT2D eigenvalue weighted by Crippen LogP contribution is -2.48. The van der Waals surface area contributed by atoms with Gasteiger partial charge in [0.05, 0.1) is 24.0 Å². The second kappa shape index (κ2) is 11.9. The lowest BCUT2D eigenvalue weighted by molar-refractivity contribution is -0.160. The van der Waals surface area contributed by atoms with Crippen LogP contribution in [0.25, 0.3) is 0 Å². The van der Waals surface area contributed by atoms with E-state index in [4.69, 9.17) is 9.47 Å². The molecule has 2 aliphatic carbocycles. The minimum atomic E-state index is -1.17. The number of ether oxygens (including phenoxy) is 2. The molecule has 0 spiro atoms. The lowest BCUT2D eigenvalue weighted by Gasteiger charge is -2.26. The van der Waals surface area contributed by atoms with Gasteiger partial charge in [-0.15, -0.1) is 0 Å². The summed E-state index contributed by atoms with van der Waals surface area (Å²) in [6, 6.07) is 14.1. The molecule has 2 fully saturated rings. The number of benzene rings is 2. The number of anilines is 1. The van der Waals surface area contributed by atoms with Crippen LogP contribution in [0.1, 0.15) is 42.1 Å². The summed E-state index contributed by atoms with van der Waals surface area (Å²) < 4.78 is 10.5. The van der Waals surface area contributed by atoms with E-state index >= 15 is 0 Å². The second-order valence-electron chi connectivity index (χ2n) is 10.5.